The van der Waals surface area contributed by atoms with Crippen LogP contribution in [-0.2, 0) is 14.3 Å². The fourth-order valence-electron chi connectivity index (χ4n) is 1.95. The number of halogens is 2. The Morgan fingerprint density at radius 2 is 2.12 bits per heavy atom. The lowest BCUT2D eigenvalue weighted by Crippen LogP contribution is -2.36. The number of ether oxygens (including phenoxy) is 1. The van der Waals surface area contributed by atoms with E-state index in [0.717, 1.165) is 6.07 Å². The predicted molar refractivity (Wildman–Crippen MR) is 84.1 cm³/mol. The van der Waals surface area contributed by atoms with Gasteiger partial charge in [-0.15, -0.1) is 0 Å². The van der Waals surface area contributed by atoms with Crippen molar-refractivity contribution in [3.8, 4) is 11.3 Å². The predicted octanol–water partition coefficient (Wildman–Crippen LogP) is 1.20. The van der Waals surface area contributed by atoms with E-state index >= 15 is 0 Å². The quantitative estimate of drug-likeness (QED) is 0.737. The first kappa shape index (κ1) is 18.4. The number of aryl methyl sites for hydroxylation is 1. The highest BCUT2D eigenvalue weighted by molar-refractivity contribution is 6.33. The highest BCUT2D eigenvalue weighted by atomic mass is 35.5. The fourth-order valence-corrected chi connectivity index (χ4v) is 2.20. The smallest absolute Gasteiger partial charge is 0.344 e. The van der Waals surface area contributed by atoms with Crippen molar-refractivity contribution < 1.29 is 28.0 Å². The van der Waals surface area contributed by atoms with Gasteiger partial charge in [0.25, 0.3) is 5.91 Å². The molecule has 8 nitrogen and oxygen atoms in total. The number of rotatable bonds is 6. The average Bonchev–Trinajstić information content (AvgIpc) is 2.92. The Bertz CT molecular complexity index is 816. The number of primary amides is 1. The van der Waals surface area contributed by atoms with E-state index in [1.54, 1.807) is 0 Å². The second-order valence-electron chi connectivity index (χ2n) is 4.88. The van der Waals surface area contributed by atoms with Crippen LogP contribution >= 0.6 is 11.6 Å². The molecule has 0 saturated heterocycles. The molecule has 0 bridgehead atoms. The lowest BCUT2D eigenvalue weighted by molar-refractivity contribution is -0.127. The van der Waals surface area contributed by atoms with Crippen LogP contribution in [0.2, 0.25) is 5.02 Å². The molecule has 0 spiro atoms. The Morgan fingerprint density at radius 3 is 2.76 bits per heavy atom. The molecule has 2 rings (SSSR count). The second-order valence-corrected chi connectivity index (χ2v) is 5.29. The number of nitrogens with zero attached hydrogens (tertiary/aromatic N) is 1. The summed E-state index contributed by atoms with van der Waals surface area (Å²) in [6.45, 7) is 0.370. The van der Waals surface area contributed by atoms with Gasteiger partial charge in [-0.25, -0.2) is 9.18 Å². The Labute approximate surface area is 146 Å². The molecule has 0 unspecified atom stereocenters. The van der Waals surface area contributed by atoms with Crippen molar-refractivity contribution in [1.82, 2.24) is 10.5 Å². The van der Waals surface area contributed by atoms with Crippen LogP contribution in [0.5, 0.6) is 0 Å². The SMILES string of the molecule is Cc1onc(-c2c(F)cccc2Cl)c1C(=O)OCC(=O)NCC(N)=O. The second kappa shape index (κ2) is 7.75. The summed E-state index contributed by atoms with van der Waals surface area (Å²) in [6.07, 6.45) is 0. The largest absolute Gasteiger partial charge is 0.452 e. The third-order valence-corrected chi connectivity index (χ3v) is 3.38. The van der Waals surface area contributed by atoms with Crippen molar-refractivity contribution in [2.75, 3.05) is 13.2 Å². The number of nitrogens with two attached hydrogens (primary N) is 1. The van der Waals surface area contributed by atoms with Gasteiger partial charge in [0, 0.05) is 0 Å². The molecule has 1 heterocycles. The maximum atomic E-state index is 14.1. The maximum Gasteiger partial charge on any atom is 0.344 e. The molecular formula is C15H13ClFN3O5. The molecule has 0 fully saturated rings. The molecule has 0 aliphatic heterocycles. The molecule has 0 radical (unpaired) electrons. The molecule has 0 saturated carbocycles. The minimum atomic E-state index is -0.956. The molecule has 0 atom stereocenters. The molecule has 2 aromatic rings. The third kappa shape index (κ3) is 4.32. The first-order valence-electron chi connectivity index (χ1n) is 6.94. The van der Waals surface area contributed by atoms with Gasteiger partial charge in [-0.05, 0) is 19.1 Å². The highest BCUT2D eigenvalue weighted by Crippen LogP contribution is 2.33. The van der Waals surface area contributed by atoms with E-state index < -0.39 is 36.8 Å². The van der Waals surface area contributed by atoms with Crippen LogP contribution in [0, 0.1) is 12.7 Å². The fraction of sp³-hybridized carbons (Fsp3) is 0.200. The lowest BCUT2D eigenvalue weighted by atomic mass is 10.1. The zero-order valence-electron chi connectivity index (χ0n) is 13.0. The van der Waals surface area contributed by atoms with E-state index in [4.69, 9.17) is 26.6 Å². The van der Waals surface area contributed by atoms with E-state index in [2.05, 4.69) is 10.5 Å². The number of hydrogen-bond acceptors (Lipinski definition) is 6. The van der Waals surface area contributed by atoms with Crippen molar-refractivity contribution in [2.45, 2.75) is 6.92 Å². The number of carbonyl (C=O) groups excluding carboxylic acids is 3. The summed E-state index contributed by atoms with van der Waals surface area (Å²) in [6, 6.07) is 3.98. The Morgan fingerprint density at radius 1 is 1.40 bits per heavy atom. The molecule has 3 N–H and O–H groups in total. The van der Waals surface area contributed by atoms with Crippen LogP contribution in [0.4, 0.5) is 4.39 Å². The minimum absolute atomic E-state index is 0.0292. The van der Waals surface area contributed by atoms with Crippen molar-refractivity contribution in [3.05, 3.63) is 40.4 Å². The van der Waals surface area contributed by atoms with Crippen LogP contribution in [0.3, 0.4) is 0 Å². The number of nitrogens with one attached hydrogen (secondary N) is 1. The first-order valence-corrected chi connectivity index (χ1v) is 7.31. The van der Waals surface area contributed by atoms with E-state index in [-0.39, 0.29) is 27.6 Å². The topological polar surface area (TPSA) is 125 Å². The van der Waals surface area contributed by atoms with Gasteiger partial charge in [0.15, 0.2) is 6.61 Å². The third-order valence-electron chi connectivity index (χ3n) is 3.06. The molecule has 0 aliphatic carbocycles. The number of hydrogen-bond donors (Lipinski definition) is 2. The molecular weight excluding hydrogens is 357 g/mol. The molecule has 25 heavy (non-hydrogen) atoms. The number of carbonyl (C=O) groups is 3. The number of amides is 2. The van der Waals surface area contributed by atoms with Gasteiger partial charge in [0.2, 0.25) is 5.91 Å². The van der Waals surface area contributed by atoms with E-state index in [0.29, 0.717) is 0 Å². The molecule has 10 heteroatoms. The summed E-state index contributed by atoms with van der Waals surface area (Å²) < 4.78 is 23.8. The van der Waals surface area contributed by atoms with E-state index in [9.17, 15) is 18.8 Å². The van der Waals surface area contributed by atoms with Gasteiger partial charge in [-0.1, -0.05) is 22.8 Å². The Hall–Kier alpha value is -2.94. The number of esters is 1. The zero-order valence-corrected chi connectivity index (χ0v) is 13.7. The molecule has 1 aromatic carbocycles. The summed E-state index contributed by atoms with van der Waals surface area (Å²) in [5.41, 5.74) is 4.46. The monoisotopic (exact) mass is 369 g/mol. The standard InChI is InChI=1S/C15H13ClFN3O5/c1-7-12(15(23)24-6-11(22)19-5-10(18)21)14(20-25-7)13-8(16)3-2-4-9(13)17/h2-4H,5-6H2,1H3,(H2,18,21)(H,19,22). The Balaban J connectivity index is 2.20. The summed E-state index contributed by atoms with van der Waals surface area (Å²) >= 11 is 5.97. The van der Waals surface area contributed by atoms with Crippen LogP contribution in [0.1, 0.15) is 16.1 Å². The summed E-state index contributed by atoms with van der Waals surface area (Å²) in [5.74, 6) is -3.06. The van der Waals surface area contributed by atoms with Gasteiger partial charge >= 0.3 is 5.97 Å². The van der Waals surface area contributed by atoms with E-state index in [1.807, 2.05) is 0 Å². The van der Waals surface area contributed by atoms with Gasteiger partial charge in [-0.2, -0.15) is 0 Å². The molecule has 2 amide bonds. The zero-order chi connectivity index (χ0) is 18.6. The Kier molecular flexibility index (Phi) is 5.71. The van der Waals surface area contributed by atoms with Gasteiger partial charge < -0.3 is 20.3 Å². The van der Waals surface area contributed by atoms with Gasteiger partial charge in [0.05, 0.1) is 17.1 Å². The van der Waals surface area contributed by atoms with E-state index in [1.165, 1.54) is 19.1 Å². The van der Waals surface area contributed by atoms with Crippen LogP contribution in [-0.4, -0.2) is 36.1 Å². The number of aromatic nitrogens is 1. The molecule has 1 aromatic heterocycles. The number of benzene rings is 1. The average molecular weight is 370 g/mol. The molecule has 0 aliphatic rings. The molecule has 132 valence electrons. The van der Waals surface area contributed by atoms with Gasteiger partial charge in [0.1, 0.15) is 22.8 Å². The van der Waals surface area contributed by atoms with Crippen molar-refractivity contribution in [1.29, 1.82) is 0 Å². The minimum Gasteiger partial charge on any atom is -0.452 e. The summed E-state index contributed by atoms with van der Waals surface area (Å²) in [4.78, 5) is 34.2. The maximum absolute atomic E-state index is 14.1. The summed E-state index contributed by atoms with van der Waals surface area (Å²) in [7, 11) is 0. The van der Waals surface area contributed by atoms with Crippen LogP contribution in [0.15, 0.2) is 22.7 Å². The van der Waals surface area contributed by atoms with Crippen LogP contribution < -0.4 is 11.1 Å². The normalized spacial score (nSPS) is 10.4. The van der Waals surface area contributed by atoms with Crippen molar-refractivity contribution >= 4 is 29.4 Å². The first-order chi connectivity index (χ1) is 11.8. The van der Waals surface area contributed by atoms with Crippen LogP contribution in [0.25, 0.3) is 11.3 Å². The van der Waals surface area contributed by atoms with Gasteiger partial charge in [-0.3, -0.25) is 9.59 Å². The van der Waals surface area contributed by atoms with Crippen molar-refractivity contribution in [3.63, 3.8) is 0 Å². The van der Waals surface area contributed by atoms with Crippen molar-refractivity contribution in [2.24, 2.45) is 5.73 Å². The summed E-state index contributed by atoms with van der Waals surface area (Å²) in [5, 5.41) is 5.83. The highest BCUT2D eigenvalue weighted by Gasteiger charge is 2.26. The lowest BCUT2D eigenvalue weighted by Gasteiger charge is -2.07.